The van der Waals surface area contributed by atoms with Crippen LogP contribution in [0.5, 0.6) is 5.75 Å². The number of sulfonamides is 1. The van der Waals surface area contributed by atoms with Gasteiger partial charge in [-0.15, -0.1) is 0 Å². The van der Waals surface area contributed by atoms with Crippen LogP contribution in [0, 0.1) is 0 Å². The van der Waals surface area contributed by atoms with Crippen molar-refractivity contribution >= 4 is 10.0 Å². The Balaban J connectivity index is 1.51. The molecular weight excluding hydrogens is 426 g/mol. The molecule has 0 saturated carbocycles. The molecule has 0 N–H and O–H groups in total. The zero-order valence-corrected chi connectivity index (χ0v) is 19.7. The molecule has 170 valence electrons. The molecule has 1 aliphatic heterocycles. The number of rotatable bonds is 5. The van der Waals surface area contributed by atoms with Crippen LogP contribution in [-0.2, 0) is 15.4 Å². The topological polar surface area (TPSA) is 85.5 Å². The minimum atomic E-state index is -3.59. The zero-order valence-electron chi connectivity index (χ0n) is 18.9. The van der Waals surface area contributed by atoms with Gasteiger partial charge >= 0.3 is 0 Å². The van der Waals surface area contributed by atoms with Crippen molar-refractivity contribution in [3.05, 3.63) is 60.0 Å². The standard InChI is InChI=1S/C24H29N3O4S/c1-24(2,3)19-9-13-21(14-10-19)32(28,29)27-15-5-6-18(16-27)23-25-22(26-31-23)17-7-11-20(30-4)12-8-17/h7-14,18H,5-6,15-16H2,1-4H3/t18-/m1/s1. The quantitative estimate of drug-likeness (QED) is 0.558. The average Bonchev–Trinajstić information content (AvgIpc) is 3.29. The Morgan fingerprint density at radius 1 is 1.06 bits per heavy atom. The van der Waals surface area contributed by atoms with Gasteiger partial charge in [0, 0.05) is 18.7 Å². The number of benzene rings is 2. The summed E-state index contributed by atoms with van der Waals surface area (Å²) in [5.41, 5.74) is 1.89. The van der Waals surface area contributed by atoms with E-state index in [1.807, 2.05) is 36.4 Å². The molecule has 0 bridgehead atoms. The van der Waals surface area contributed by atoms with Crippen molar-refractivity contribution in [1.82, 2.24) is 14.4 Å². The van der Waals surface area contributed by atoms with Crippen LogP contribution < -0.4 is 4.74 Å². The second-order valence-corrected chi connectivity index (χ2v) is 11.1. The van der Waals surface area contributed by atoms with Gasteiger partial charge in [-0.25, -0.2) is 8.42 Å². The highest BCUT2D eigenvalue weighted by molar-refractivity contribution is 7.89. The van der Waals surface area contributed by atoms with Gasteiger partial charge in [0.1, 0.15) is 5.75 Å². The summed E-state index contributed by atoms with van der Waals surface area (Å²) in [4.78, 5) is 4.86. The monoisotopic (exact) mass is 455 g/mol. The molecule has 8 heteroatoms. The van der Waals surface area contributed by atoms with Gasteiger partial charge in [-0.05, 0) is 60.2 Å². The lowest BCUT2D eigenvalue weighted by Gasteiger charge is -2.30. The first kappa shape index (κ1) is 22.5. The molecule has 0 radical (unpaired) electrons. The summed E-state index contributed by atoms with van der Waals surface area (Å²) in [6.45, 7) is 7.13. The van der Waals surface area contributed by atoms with E-state index in [4.69, 9.17) is 9.26 Å². The molecule has 1 atom stereocenters. The smallest absolute Gasteiger partial charge is 0.243 e. The Kier molecular flexibility index (Phi) is 6.09. The van der Waals surface area contributed by atoms with Crippen LogP contribution in [0.1, 0.15) is 51.0 Å². The number of nitrogens with zero attached hydrogens (tertiary/aromatic N) is 3. The molecule has 0 spiro atoms. The first-order valence-electron chi connectivity index (χ1n) is 10.8. The van der Waals surface area contributed by atoms with Crippen LogP contribution in [-0.4, -0.2) is 43.1 Å². The predicted octanol–water partition coefficient (Wildman–Crippen LogP) is 4.61. The summed E-state index contributed by atoms with van der Waals surface area (Å²) in [6.07, 6.45) is 1.55. The number of methoxy groups -OCH3 is 1. The summed E-state index contributed by atoms with van der Waals surface area (Å²) < 4.78 is 38.8. The largest absolute Gasteiger partial charge is 0.497 e. The molecule has 1 aliphatic rings. The molecule has 1 fully saturated rings. The number of ether oxygens (including phenoxy) is 1. The SMILES string of the molecule is COc1ccc(-c2noc([C@@H]3CCCN(S(=O)(=O)c4ccc(C(C)(C)C)cc4)C3)n2)cc1. The third kappa shape index (κ3) is 4.56. The highest BCUT2D eigenvalue weighted by Crippen LogP contribution is 2.31. The Morgan fingerprint density at radius 2 is 1.75 bits per heavy atom. The molecule has 4 rings (SSSR count). The van der Waals surface area contributed by atoms with Gasteiger partial charge in [0.05, 0.1) is 17.9 Å². The highest BCUT2D eigenvalue weighted by Gasteiger charge is 2.33. The molecule has 1 aromatic heterocycles. The predicted molar refractivity (Wildman–Crippen MR) is 122 cm³/mol. The van der Waals surface area contributed by atoms with E-state index >= 15 is 0 Å². The van der Waals surface area contributed by atoms with E-state index in [0.29, 0.717) is 29.7 Å². The third-order valence-corrected chi connectivity index (χ3v) is 7.76. The number of aromatic nitrogens is 2. The fourth-order valence-electron chi connectivity index (χ4n) is 3.90. The normalized spacial score (nSPS) is 17.9. The van der Waals surface area contributed by atoms with Crippen LogP contribution in [0.3, 0.4) is 0 Å². The molecule has 2 aromatic carbocycles. The maximum absolute atomic E-state index is 13.3. The maximum Gasteiger partial charge on any atom is 0.243 e. The Labute approximate surface area is 189 Å². The fourth-order valence-corrected chi connectivity index (χ4v) is 5.42. The Morgan fingerprint density at radius 3 is 2.38 bits per heavy atom. The van der Waals surface area contributed by atoms with Gasteiger partial charge in [-0.1, -0.05) is 38.1 Å². The van der Waals surface area contributed by atoms with Gasteiger partial charge in [0.15, 0.2) is 0 Å². The van der Waals surface area contributed by atoms with Gasteiger partial charge < -0.3 is 9.26 Å². The number of hydrogen-bond donors (Lipinski definition) is 0. The molecule has 0 aliphatic carbocycles. The molecule has 0 amide bonds. The minimum absolute atomic E-state index is 0.0297. The maximum atomic E-state index is 13.3. The zero-order chi connectivity index (χ0) is 22.9. The van der Waals surface area contributed by atoms with E-state index in [0.717, 1.165) is 29.7 Å². The van der Waals surface area contributed by atoms with Gasteiger partial charge in [0.25, 0.3) is 0 Å². The van der Waals surface area contributed by atoms with E-state index in [1.165, 1.54) is 4.31 Å². The van der Waals surface area contributed by atoms with Crippen molar-refractivity contribution in [1.29, 1.82) is 0 Å². The van der Waals surface area contributed by atoms with Crippen molar-refractivity contribution < 1.29 is 17.7 Å². The molecule has 3 aromatic rings. The summed E-state index contributed by atoms with van der Waals surface area (Å²) in [5.74, 6) is 1.58. The Bertz CT molecular complexity index is 1160. The Hall–Kier alpha value is -2.71. The van der Waals surface area contributed by atoms with Crippen LogP contribution in [0.2, 0.25) is 0 Å². The fraction of sp³-hybridized carbons (Fsp3) is 0.417. The van der Waals surface area contributed by atoms with E-state index in [1.54, 1.807) is 19.2 Å². The van der Waals surface area contributed by atoms with Crippen LogP contribution >= 0.6 is 0 Å². The molecule has 7 nitrogen and oxygen atoms in total. The highest BCUT2D eigenvalue weighted by atomic mass is 32.2. The van der Waals surface area contributed by atoms with Gasteiger partial charge in [-0.2, -0.15) is 9.29 Å². The van der Waals surface area contributed by atoms with Crippen molar-refractivity contribution in [3.63, 3.8) is 0 Å². The van der Waals surface area contributed by atoms with Crippen molar-refractivity contribution in [2.45, 2.75) is 49.8 Å². The first-order chi connectivity index (χ1) is 15.2. The lowest BCUT2D eigenvalue weighted by Crippen LogP contribution is -2.39. The molecular formula is C24H29N3O4S. The first-order valence-corrected chi connectivity index (χ1v) is 12.2. The lowest BCUT2D eigenvalue weighted by atomic mass is 9.87. The lowest BCUT2D eigenvalue weighted by molar-refractivity contribution is 0.265. The van der Waals surface area contributed by atoms with Crippen LogP contribution in [0.25, 0.3) is 11.4 Å². The van der Waals surface area contributed by atoms with Crippen LogP contribution in [0.4, 0.5) is 0 Å². The van der Waals surface area contributed by atoms with Crippen molar-refractivity contribution in [2.75, 3.05) is 20.2 Å². The summed E-state index contributed by atoms with van der Waals surface area (Å²) in [7, 11) is -1.97. The van der Waals surface area contributed by atoms with E-state index in [2.05, 4.69) is 30.9 Å². The van der Waals surface area contributed by atoms with E-state index in [9.17, 15) is 8.42 Å². The minimum Gasteiger partial charge on any atom is -0.497 e. The van der Waals surface area contributed by atoms with Crippen molar-refractivity contribution in [2.24, 2.45) is 0 Å². The molecule has 0 unspecified atom stereocenters. The second kappa shape index (κ2) is 8.67. The molecule has 2 heterocycles. The molecule has 1 saturated heterocycles. The van der Waals surface area contributed by atoms with Gasteiger partial charge in [0.2, 0.25) is 21.7 Å². The van der Waals surface area contributed by atoms with Crippen LogP contribution in [0.15, 0.2) is 57.9 Å². The summed E-state index contributed by atoms with van der Waals surface area (Å²) in [5, 5.41) is 4.10. The summed E-state index contributed by atoms with van der Waals surface area (Å²) in [6, 6.07) is 14.6. The number of hydrogen-bond acceptors (Lipinski definition) is 6. The van der Waals surface area contributed by atoms with Crippen molar-refractivity contribution in [3.8, 4) is 17.1 Å². The molecule has 32 heavy (non-hydrogen) atoms. The van der Waals surface area contributed by atoms with E-state index < -0.39 is 10.0 Å². The van der Waals surface area contributed by atoms with E-state index in [-0.39, 0.29) is 11.3 Å². The third-order valence-electron chi connectivity index (χ3n) is 5.88. The summed E-state index contributed by atoms with van der Waals surface area (Å²) >= 11 is 0. The number of piperidine rings is 1. The second-order valence-electron chi connectivity index (χ2n) is 9.16. The van der Waals surface area contributed by atoms with Gasteiger partial charge in [-0.3, -0.25) is 0 Å². The average molecular weight is 456 g/mol.